The molecule has 1 heterocycles. The maximum atomic E-state index is 11.1. The molecule has 1 aliphatic carbocycles. The van der Waals surface area contributed by atoms with Crippen molar-refractivity contribution in [1.29, 1.82) is 0 Å². The van der Waals surface area contributed by atoms with E-state index in [2.05, 4.69) is 12.2 Å². The van der Waals surface area contributed by atoms with E-state index in [-0.39, 0.29) is 12.0 Å². The Kier molecular flexibility index (Phi) is 2.12. The van der Waals surface area contributed by atoms with Crippen LogP contribution in [0.4, 0.5) is 0 Å². The lowest BCUT2D eigenvalue weighted by Crippen LogP contribution is -2.36. The number of aliphatic hydroxyl groups excluding tert-OH is 1. The van der Waals surface area contributed by atoms with Crippen LogP contribution in [0.2, 0.25) is 0 Å². The van der Waals surface area contributed by atoms with Crippen LogP contribution in [-0.4, -0.2) is 17.1 Å². The lowest BCUT2D eigenvalue weighted by Gasteiger charge is -2.32. The van der Waals surface area contributed by atoms with Gasteiger partial charge in [0.2, 0.25) is 5.91 Å². The molecule has 2 aliphatic rings. The molecular weight excluding hydrogens is 166 g/mol. The number of rotatable bonds is 0. The Morgan fingerprint density at radius 3 is 3.00 bits per heavy atom. The van der Waals surface area contributed by atoms with Crippen molar-refractivity contribution in [3.8, 4) is 0 Å². The molecule has 2 rings (SSSR count). The van der Waals surface area contributed by atoms with E-state index in [9.17, 15) is 9.90 Å². The van der Waals surface area contributed by atoms with Crippen LogP contribution in [0.15, 0.2) is 11.3 Å². The van der Waals surface area contributed by atoms with Crippen LogP contribution < -0.4 is 5.32 Å². The molecule has 2 atom stereocenters. The fourth-order valence-electron chi connectivity index (χ4n) is 2.22. The molecule has 0 radical (unpaired) electrons. The summed E-state index contributed by atoms with van der Waals surface area (Å²) in [6.07, 6.45) is 2.71. The van der Waals surface area contributed by atoms with Gasteiger partial charge >= 0.3 is 0 Å². The average molecular weight is 181 g/mol. The number of carbonyl (C=O) groups excluding carboxylic acids is 1. The second-order valence-corrected chi connectivity index (χ2v) is 4.11. The van der Waals surface area contributed by atoms with Crippen molar-refractivity contribution in [3.05, 3.63) is 11.3 Å². The van der Waals surface area contributed by atoms with Gasteiger partial charge in [-0.1, -0.05) is 6.92 Å². The van der Waals surface area contributed by atoms with E-state index in [0.29, 0.717) is 12.3 Å². The first-order valence-electron chi connectivity index (χ1n) is 4.86. The molecule has 0 saturated heterocycles. The van der Waals surface area contributed by atoms with Gasteiger partial charge in [0.15, 0.2) is 0 Å². The Morgan fingerprint density at radius 2 is 2.23 bits per heavy atom. The number of aliphatic hydroxyl groups is 1. The van der Waals surface area contributed by atoms with Gasteiger partial charge in [0.1, 0.15) is 0 Å². The lowest BCUT2D eigenvalue weighted by atomic mass is 9.82. The molecule has 2 N–H and O–H groups in total. The Hall–Kier alpha value is -0.830. The standard InChI is InChI=1S/C10H15NO2/c1-6-4-8-7(9(12)5-6)2-3-10(13)11-8/h6,9,12H,2-5H2,1H3,(H,11,13)/t6-,9?/m0/s1. The molecule has 0 fully saturated rings. The van der Waals surface area contributed by atoms with Crippen molar-refractivity contribution < 1.29 is 9.90 Å². The third-order valence-electron chi connectivity index (χ3n) is 2.88. The Bertz CT molecular complexity index is 270. The summed E-state index contributed by atoms with van der Waals surface area (Å²) in [5.41, 5.74) is 2.06. The Morgan fingerprint density at radius 1 is 1.46 bits per heavy atom. The van der Waals surface area contributed by atoms with Gasteiger partial charge in [-0.05, 0) is 30.8 Å². The second kappa shape index (κ2) is 3.14. The zero-order valence-corrected chi connectivity index (χ0v) is 7.84. The molecule has 3 heteroatoms. The Balaban J connectivity index is 2.24. The molecule has 0 aromatic rings. The molecular formula is C10H15NO2. The largest absolute Gasteiger partial charge is 0.389 e. The quantitative estimate of drug-likeness (QED) is 0.584. The van der Waals surface area contributed by atoms with Gasteiger partial charge in [-0.25, -0.2) is 0 Å². The lowest BCUT2D eigenvalue weighted by molar-refractivity contribution is -0.121. The summed E-state index contributed by atoms with van der Waals surface area (Å²) >= 11 is 0. The average Bonchev–Trinajstić information content (AvgIpc) is 2.02. The van der Waals surface area contributed by atoms with Crippen LogP contribution in [0.1, 0.15) is 32.6 Å². The molecule has 1 amide bonds. The SMILES string of the molecule is C[C@H]1CC2=C(CCC(=O)N2)C(O)C1. The van der Waals surface area contributed by atoms with Gasteiger partial charge in [0.25, 0.3) is 0 Å². The van der Waals surface area contributed by atoms with Crippen LogP contribution in [-0.2, 0) is 4.79 Å². The van der Waals surface area contributed by atoms with Crippen molar-refractivity contribution in [2.45, 2.75) is 38.7 Å². The van der Waals surface area contributed by atoms with Crippen LogP contribution >= 0.6 is 0 Å². The first kappa shape index (κ1) is 8.75. The first-order valence-corrected chi connectivity index (χ1v) is 4.86. The minimum absolute atomic E-state index is 0.0973. The van der Waals surface area contributed by atoms with E-state index in [1.165, 1.54) is 0 Å². The fraction of sp³-hybridized carbons (Fsp3) is 0.700. The number of nitrogens with one attached hydrogen (secondary N) is 1. The van der Waals surface area contributed by atoms with Gasteiger partial charge in [-0.2, -0.15) is 0 Å². The smallest absolute Gasteiger partial charge is 0.224 e. The molecule has 0 saturated carbocycles. The minimum Gasteiger partial charge on any atom is -0.389 e. The summed E-state index contributed by atoms with van der Waals surface area (Å²) in [7, 11) is 0. The van der Waals surface area contributed by atoms with E-state index in [0.717, 1.165) is 30.5 Å². The fourth-order valence-corrected chi connectivity index (χ4v) is 2.22. The highest BCUT2D eigenvalue weighted by Gasteiger charge is 2.29. The molecule has 0 bridgehead atoms. The molecule has 0 aromatic heterocycles. The van der Waals surface area contributed by atoms with Gasteiger partial charge in [0, 0.05) is 12.1 Å². The molecule has 1 aliphatic heterocycles. The number of allylic oxidation sites excluding steroid dienone is 1. The van der Waals surface area contributed by atoms with Crippen LogP contribution in [0, 0.1) is 5.92 Å². The Labute approximate surface area is 77.8 Å². The van der Waals surface area contributed by atoms with Crippen LogP contribution in [0.5, 0.6) is 0 Å². The van der Waals surface area contributed by atoms with Gasteiger partial charge in [-0.3, -0.25) is 4.79 Å². The monoisotopic (exact) mass is 181 g/mol. The van der Waals surface area contributed by atoms with Crippen molar-refractivity contribution >= 4 is 5.91 Å². The van der Waals surface area contributed by atoms with Crippen molar-refractivity contribution in [3.63, 3.8) is 0 Å². The molecule has 1 unspecified atom stereocenters. The van der Waals surface area contributed by atoms with Crippen LogP contribution in [0.3, 0.4) is 0 Å². The van der Waals surface area contributed by atoms with E-state index < -0.39 is 0 Å². The predicted octanol–water partition coefficient (Wildman–Crippen LogP) is 0.941. The zero-order chi connectivity index (χ0) is 9.42. The van der Waals surface area contributed by atoms with E-state index in [1.807, 2.05) is 0 Å². The zero-order valence-electron chi connectivity index (χ0n) is 7.84. The summed E-state index contributed by atoms with van der Waals surface area (Å²) < 4.78 is 0. The van der Waals surface area contributed by atoms with Crippen molar-refractivity contribution in [2.24, 2.45) is 5.92 Å². The van der Waals surface area contributed by atoms with E-state index >= 15 is 0 Å². The summed E-state index contributed by atoms with van der Waals surface area (Å²) in [5, 5.41) is 12.6. The highest BCUT2D eigenvalue weighted by atomic mass is 16.3. The van der Waals surface area contributed by atoms with Gasteiger partial charge < -0.3 is 10.4 Å². The van der Waals surface area contributed by atoms with Crippen molar-refractivity contribution in [2.75, 3.05) is 0 Å². The van der Waals surface area contributed by atoms with Crippen LogP contribution in [0.25, 0.3) is 0 Å². The highest BCUT2D eigenvalue weighted by molar-refractivity contribution is 5.79. The summed E-state index contributed by atoms with van der Waals surface area (Å²) in [6.45, 7) is 2.10. The maximum Gasteiger partial charge on any atom is 0.224 e. The third-order valence-corrected chi connectivity index (χ3v) is 2.88. The maximum absolute atomic E-state index is 11.1. The molecule has 0 aromatic carbocycles. The van der Waals surface area contributed by atoms with Crippen molar-refractivity contribution in [1.82, 2.24) is 5.32 Å². The number of carbonyl (C=O) groups is 1. The predicted molar refractivity (Wildman–Crippen MR) is 48.8 cm³/mol. The number of amides is 1. The summed E-state index contributed by atoms with van der Waals surface area (Å²) in [4.78, 5) is 11.1. The van der Waals surface area contributed by atoms with Gasteiger partial charge in [-0.15, -0.1) is 0 Å². The topological polar surface area (TPSA) is 49.3 Å². The second-order valence-electron chi connectivity index (χ2n) is 4.11. The molecule has 72 valence electrons. The molecule has 3 nitrogen and oxygen atoms in total. The number of hydrogen-bond acceptors (Lipinski definition) is 2. The third kappa shape index (κ3) is 1.61. The highest BCUT2D eigenvalue weighted by Crippen LogP contribution is 2.32. The van der Waals surface area contributed by atoms with E-state index in [4.69, 9.17) is 0 Å². The molecule has 13 heavy (non-hydrogen) atoms. The minimum atomic E-state index is -0.320. The molecule has 0 spiro atoms. The first-order chi connectivity index (χ1) is 6.16. The number of hydrogen-bond donors (Lipinski definition) is 2. The van der Waals surface area contributed by atoms with E-state index in [1.54, 1.807) is 0 Å². The van der Waals surface area contributed by atoms with Gasteiger partial charge in [0.05, 0.1) is 6.10 Å². The normalized spacial score (nSPS) is 34.2. The summed E-state index contributed by atoms with van der Waals surface area (Å²) in [6, 6.07) is 0. The summed E-state index contributed by atoms with van der Waals surface area (Å²) in [5.74, 6) is 0.576.